The van der Waals surface area contributed by atoms with Crippen LogP contribution in [0.15, 0.2) is 72.4 Å². The topological polar surface area (TPSA) is 72.8 Å². The van der Waals surface area contributed by atoms with Gasteiger partial charge in [-0.05, 0) is 49.4 Å². The number of nitrogens with zero attached hydrogens (tertiary/aromatic N) is 4. The summed E-state index contributed by atoms with van der Waals surface area (Å²) in [6.07, 6.45) is 3.48. The molecule has 6 nitrogen and oxygen atoms in total. The van der Waals surface area contributed by atoms with Gasteiger partial charge >= 0.3 is 0 Å². The minimum absolute atomic E-state index is 0.583. The zero-order chi connectivity index (χ0) is 21.9. The molecule has 0 aliphatic heterocycles. The van der Waals surface area contributed by atoms with Crippen LogP contribution in [0.25, 0.3) is 33.5 Å². The van der Waals surface area contributed by atoms with E-state index >= 15 is 0 Å². The monoisotopic (exact) mass is 459 g/mol. The average molecular weight is 460 g/mol. The van der Waals surface area contributed by atoms with Crippen LogP contribution < -0.4 is 10.1 Å². The molecule has 2 aromatic carbocycles. The minimum Gasteiger partial charge on any atom is -0.494 e. The van der Waals surface area contributed by atoms with Crippen molar-refractivity contribution in [3.05, 3.63) is 77.4 Å². The van der Waals surface area contributed by atoms with E-state index in [2.05, 4.69) is 10.3 Å². The van der Waals surface area contributed by atoms with Crippen LogP contribution in [-0.2, 0) is 0 Å². The molecule has 5 aromatic rings. The van der Waals surface area contributed by atoms with Crippen LogP contribution in [0, 0.1) is 0 Å². The Kier molecular flexibility index (Phi) is 5.66. The van der Waals surface area contributed by atoms with E-state index in [4.69, 9.17) is 31.3 Å². The second-order valence-corrected chi connectivity index (χ2v) is 8.21. The normalized spacial score (nSPS) is 10.9. The molecule has 158 valence electrons. The highest BCUT2D eigenvalue weighted by molar-refractivity contribution is 7.14. The summed E-state index contributed by atoms with van der Waals surface area (Å²) in [5.74, 6) is 2.01. The number of hydrogen-bond acceptors (Lipinski definition) is 7. The Labute approximate surface area is 193 Å². The molecule has 0 saturated heterocycles. The summed E-state index contributed by atoms with van der Waals surface area (Å²) < 4.78 is 5.69. The fourth-order valence-electron chi connectivity index (χ4n) is 3.27. The van der Waals surface area contributed by atoms with E-state index < -0.39 is 0 Å². The van der Waals surface area contributed by atoms with Crippen LogP contribution in [-0.4, -0.2) is 26.5 Å². The van der Waals surface area contributed by atoms with Crippen LogP contribution in [0.1, 0.15) is 6.92 Å². The number of fused-ring (bicyclic) bond motifs is 1. The molecule has 0 unspecified atom stereocenters. The Hall–Kier alpha value is -3.55. The van der Waals surface area contributed by atoms with Gasteiger partial charge < -0.3 is 10.1 Å². The molecule has 0 fully saturated rings. The second-order valence-electron chi connectivity index (χ2n) is 6.92. The summed E-state index contributed by atoms with van der Waals surface area (Å²) in [4.78, 5) is 18.5. The molecule has 0 saturated carbocycles. The third kappa shape index (κ3) is 4.26. The van der Waals surface area contributed by atoms with Crippen LogP contribution in [0.2, 0.25) is 5.02 Å². The van der Waals surface area contributed by atoms with Crippen LogP contribution >= 0.6 is 22.9 Å². The van der Waals surface area contributed by atoms with E-state index in [1.54, 1.807) is 12.4 Å². The minimum atomic E-state index is 0.583. The number of nitrogens with one attached hydrogen (secondary N) is 1. The van der Waals surface area contributed by atoms with Crippen molar-refractivity contribution in [1.82, 2.24) is 19.9 Å². The van der Waals surface area contributed by atoms with Gasteiger partial charge in [0, 0.05) is 39.3 Å². The zero-order valence-corrected chi connectivity index (χ0v) is 18.7. The highest BCUT2D eigenvalue weighted by Crippen LogP contribution is 2.32. The van der Waals surface area contributed by atoms with Crippen LogP contribution in [0.3, 0.4) is 0 Å². The lowest BCUT2D eigenvalue weighted by Gasteiger charge is -2.11. The molecule has 3 heterocycles. The van der Waals surface area contributed by atoms with E-state index in [-0.39, 0.29) is 0 Å². The van der Waals surface area contributed by atoms with Gasteiger partial charge in [-0.2, -0.15) is 0 Å². The number of anilines is 2. The Morgan fingerprint density at radius 3 is 2.66 bits per heavy atom. The number of pyridine rings is 1. The quantitative estimate of drug-likeness (QED) is 0.308. The molecule has 3 aromatic heterocycles. The zero-order valence-electron chi connectivity index (χ0n) is 17.1. The number of benzene rings is 2. The molecule has 0 aliphatic carbocycles. The number of aromatic nitrogens is 4. The number of ether oxygens (including phenoxy) is 1. The first-order valence-electron chi connectivity index (χ1n) is 10.0. The first-order chi connectivity index (χ1) is 15.7. The fraction of sp³-hybridized carbons (Fsp3) is 0.0833. The molecular weight excluding hydrogens is 442 g/mol. The van der Waals surface area contributed by atoms with Crippen LogP contribution in [0.5, 0.6) is 5.75 Å². The van der Waals surface area contributed by atoms with Crippen LogP contribution in [0.4, 0.5) is 10.9 Å². The molecule has 32 heavy (non-hydrogen) atoms. The number of hydrogen-bond donors (Lipinski definition) is 1. The molecule has 5 rings (SSSR count). The Morgan fingerprint density at radius 1 is 1.00 bits per heavy atom. The van der Waals surface area contributed by atoms with Gasteiger partial charge in [-0.15, -0.1) is 11.3 Å². The van der Waals surface area contributed by atoms with Gasteiger partial charge in [0.15, 0.2) is 11.0 Å². The summed E-state index contributed by atoms with van der Waals surface area (Å²) in [7, 11) is 0. The third-order valence-electron chi connectivity index (χ3n) is 4.77. The highest BCUT2D eigenvalue weighted by atomic mass is 35.5. The molecule has 0 bridgehead atoms. The summed E-state index contributed by atoms with van der Waals surface area (Å²) in [5.41, 5.74) is 3.52. The number of thiazole rings is 1. The maximum atomic E-state index is 6.01. The van der Waals surface area contributed by atoms with Gasteiger partial charge in [0.25, 0.3) is 0 Å². The lowest BCUT2D eigenvalue weighted by Crippen LogP contribution is -2.00. The summed E-state index contributed by atoms with van der Waals surface area (Å²) in [6, 6.07) is 17.2. The second kappa shape index (κ2) is 8.90. The number of rotatable bonds is 6. The van der Waals surface area contributed by atoms with Gasteiger partial charge in [0.2, 0.25) is 0 Å². The van der Waals surface area contributed by atoms with Crippen molar-refractivity contribution in [2.45, 2.75) is 6.92 Å². The molecule has 0 atom stereocenters. The van der Waals surface area contributed by atoms with Crippen molar-refractivity contribution in [2.75, 3.05) is 11.9 Å². The van der Waals surface area contributed by atoms with Crippen molar-refractivity contribution in [1.29, 1.82) is 0 Å². The maximum absolute atomic E-state index is 6.01. The number of halogens is 1. The van der Waals surface area contributed by atoms with Gasteiger partial charge in [0.1, 0.15) is 11.6 Å². The summed E-state index contributed by atoms with van der Waals surface area (Å²) >= 11 is 7.52. The first-order valence-corrected chi connectivity index (χ1v) is 11.3. The molecular formula is C24H18ClN5OS. The molecule has 8 heteroatoms. The van der Waals surface area contributed by atoms with Gasteiger partial charge in [-0.1, -0.05) is 23.7 Å². The van der Waals surface area contributed by atoms with Crippen molar-refractivity contribution in [3.63, 3.8) is 0 Å². The van der Waals surface area contributed by atoms with Crippen molar-refractivity contribution >= 4 is 44.8 Å². The van der Waals surface area contributed by atoms with E-state index in [0.29, 0.717) is 23.3 Å². The third-order valence-corrected chi connectivity index (χ3v) is 5.78. The van der Waals surface area contributed by atoms with Crippen molar-refractivity contribution in [3.8, 4) is 28.4 Å². The lowest BCUT2D eigenvalue weighted by molar-refractivity contribution is 0.340. The average Bonchev–Trinajstić information content (AvgIpc) is 3.29. The van der Waals surface area contributed by atoms with Gasteiger partial charge in [-0.3, -0.25) is 4.98 Å². The van der Waals surface area contributed by atoms with Crippen molar-refractivity contribution in [2.24, 2.45) is 0 Å². The van der Waals surface area contributed by atoms with E-state index in [1.807, 2.05) is 66.9 Å². The Morgan fingerprint density at radius 2 is 1.88 bits per heavy atom. The molecule has 0 amide bonds. The smallest absolute Gasteiger partial charge is 0.188 e. The van der Waals surface area contributed by atoms with E-state index in [0.717, 1.165) is 38.6 Å². The molecule has 0 radical (unpaired) electrons. The maximum Gasteiger partial charge on any atom is 0.188 e. The lowest BCUT2D eigenvalue weighted by atomic mass is 10.2. The fourth-order valence-corrected chi connectivity index (χ4v) is 4.11. The predicted octanol–water partition coefficient (Wildman–Crippen LogP) is 6.61. The van der Waals surface area contributed by atoms with Gasteiger partial charge in [-0.25, -0.2) is 15.0 Å². The molecule has 1 N–H and O–H groups in total. The highest BCUT2D eigenvalue weighted by Gasteiger charge is 2.13. The van der Waals surface area contributed by atoms with Crippen molar-refractivity contribution < 1.29 is 4.74 Å². The molecule has 0 spiro atoms. The summed E-state index contributed by atoms with van der Waals surface area (Å²) in [5, 5.41) is 7.67. The Balaban J connectivity index is 1.56. The standard InChI is InChI=1S/C24H18ClN5OS/c1-2-31-18-9-10-20-19(12-18)23(29-22(27-20)16-4-3-11-26-13-16)30-24-28-21(14-32-24)15-5-7-17(25)8-6-15/h3-14H,2H2,1H3,(H,27,28,29,30). The molecule has 0 aliphatic rings. The summed E-state index contributed by atoms with van der Waals surface area (Å²) in [6.45, 7) is 2.54. The van der Waals surface area contributed by atoms with E-state index in [1.165, 1.54) is 11.3 Å². The largest absolute Gasteiger partial charge is 0.494 e. The van der Waals surface area contributed by atoms with E-state index in [9.17, 15) is 0 Å². The predicted molar refractivity (Wildman–Crippen MR) is 130 cm³/mol. The first kappa shape index (κ1) is 20.4. The van der Waals surface area contributed by atoms with Gasteiger partial charge in [0.05, 0.1) is 17.8 Å². The SMILES string of the molecule is CCOc1ccc2nc(-c3cccnc3)nc(Nc3nc(-c4ccc(Cl)cc4)cs3)c2c1. The Bertz CT molecular complexity index is 1370.